The number of aromatic amines is 1. The van der Waals surface area contributed by atoms with Crippen molar-refractivity contribution in [1.82, 2.24) is 9.97 Å². The lowest BCUT2D eigenvalue weighted by Gasteiger charge is -2.32. The van der Waals surface area contributed by atoms with Crippen molar-refractivity contribution in [2.45, 2.75) is 19.4 Å². The SMILES string of the molecule is OCC1CCN(c2cc3cc[nH]c3c(NCc3ccccc3)n2)CC1. The van der Waals surface area contributed by atoms with Crippen molar-refractivity contribution in [1.29, 1.82) is 0 Å². The Kier molecular flexibility index (Phi) is 4.57. The Morgan fingerprint density at radius 1 is 1.16 bits per heavy atom. The molecule has 0 bridgehead atoms. The summed E-state index contributed by atoms with van der Waals surface area (Å²) in [5, 5.41) is 14.0. The molecule has 5 nitrogen and oxygen atoms in total. The Morgan fingerprint density at radius 2 is 1.96 bits per heavy atom. The fraction of sp³-hybridized carbons (Fsp3) is 0.350. The molecule has 1 aliphatic heterocycles. The fourth-order valence-electron chi connectivity index (χ4n) is 3.46. The number of fused-ring (bicyclic) bond motifs is 1. The molecule has 3 heterocycles. The molecule has 0 spiro atoms. The normalized spacial score (nSPS) is 15.6. The van der Waals surface area contributed by atoms with E-state index in [1.165, 1.54) is 10.9 Å². The molecule has 0 amide bonds. The van der Waals surface area contributed by atoms with Crippen LogP contribution in [0.15, 0.2) is 48.7 Å². The van der Waals surface area contributed by atoms with E-state index in [0.717, 1.165) is 49.6 Å². The number of pyridine rings is 1. The first kappa shape index (κ1) is 16.0. The number of nitrogens with one attached hydrogen (secondary N) is 2. The van der Waals surface area contributed by atoms with Crippen LogP contribution in [-0.4, -0.2) is 34.8 Å². The van der Waals surface area contributed by atoms with Gasteiger partial charge in [0.2, 0.25) is 0 Å². The summed E-state index contributed by atoms with van der Waals surface area (Å²) < 4.78 is 0. The topological polar surface area (TPSA) is 64.2 Å². The van der Waals surface area contributed by atoms with E-state index >= 15 is 0 Å². The molecular formula is C20H24N4O. The Morgan fingerprint density at radius 3 is 2.72 bits per heavy atom. The van der Waals surface area contributed by atoms with Gasteiger partial charge in [-0.25, -0.2) is 4.98 Å². The van der Waals surface area contributed by atoms with Crippen molar-refractivity contribution in [3.63, 3.8) is 0 Å². The number of rotatable bonds is 5. The minimum absolute atomic E-state index is 0.294. The zero-order valence-electron chi connectivity index (χ0n) is 14.3. The second-order valence-corrected chi connectivity index (χ2v) is 6.72. The van der Waals surface area contributed by atoms with E-state index in [9.17, 15) is 5.11 Å². The van der Waals surface area contributed by atoms with Crippen LogP contribution in [0.3, 0.4) is 0 Å². The van der Waals surface area contributed by atoms with Crippen molar-refractivity contribution < 1.29 is 5.11 Å². The number of nitrogens with zero attached hydrogens (tertiary/aromatic N) is 2. The average Bonchev–Trinajstić information content (AvgIpc) is 3.16. The maximum atomic E-state index is 9.34. The lowest BCUT2D eigenvalue weighted by atomic mass is 9.98. The lowest BCUT2D eigenvalue weighted by Crippen LogP contribution is -2.35. The Balaban J connectivity index is 1.57. The third-order valence-corrected chi connectivity index (χ3v) is 5.03. The van der Waals surface area contributed by atoms with Gasteiger partial charge in [0.15, 0.2) is 5.82 Å². The molecule has 1 fully saturated rings. The summed E-state index contributed by atoms with van der Waals surface area (Å²) >= 11 is 0. The van der Waals surface area contributed by atoms with Gasteiger partial charge < -0.3 is 20.3 Å². The third-order valence-electron chi connectivity index (χ3n) is 5.03. The second kappa shape index (κ2) is 7.15. The Labute approximate surface area is 147 Å². The number of aliphatic hydroxyl groups excluding tert-OH is 1. The quantitative estimate of drug-likeness (QED) is 0.668. The van der Waals surface area contributed by atoms with Gasteiger partial charge in [-0.05, 0) is 36.5 Å². The standard InChI is InChI=1S/C20H24N4O/c25-14-16-7-10-24(11-8-16)18-12-17-6-9-21-19(17)20(23-18)22-13-15-4-2-1-3-5-15/h1-6,9,12,16,21,25H,7-8,10-11,13-14H2,(H,22,23). The maximum Gasteiger partial charge on any atom is 0.153 e. The number of piperidine rings is 1. The molecule has 5 heteroatoms. The number of hydrogen-bond donors (Lipinski definition) is 3. The van der Waals surface area contributed by atoms with E-state index in [1.807, 2.05) is 12.3 Å². The van der Waals surface area contributed by atoms with E-state index in [2.05, 4.69) is 51.6 Å². The van der Waals surface area contributed by atoms with Crippen LogP contribution in [0.1, 0.15) is 18.4 Å². The van der Waals surface area contributed by atoms with E-state index < -0.39 is 0 Å². The molecule has 3 aromatic rings. The summed E-state index contributed by atoms with van der Waals surface area (Å²) in [6, 6.07) is 14.6. The molecule has 0 radical (unpaired) electrons. The van der Waals surface area contributed by atoms with E-state index in [0.29, 0.717) is 12.5 Å². The van der Waals surface area contributed by atoms with E-state index in [4.69, 9.17) is 4.98 Å². The first-order chi connectivity index (χ1) is 12.3. The zero-order chi connectivity index (χ0) is 17.1. The van der Waals surface area contributed by atoms with Gasteiger partial charge in [0.1, 0.15) is 5.82 Å². The first-order valence-electron chi connectivity index (χ1n) is 8.95. The van der Waals surface area contributed by atoms with Gasteiger partial charge in [0, 0.05) is 37.8 Å². The van der Waals surface area contributed by atoms with Crippen molar-refractivity contribution >= 4 is 22.5 Å². The maximum absolute atomic E-state index is 9.34. The Bertz CT molecular complexity index is 822. The molecule has 2 aromatic heterocycles. The van der Waals surface area contributed by atoms with Crippen molar-refractivity contribution in [3.05, 3.63) is 54.2 Å². The highest BCUT2D eigenvalue weighted by Gasteiger charge is 2.20. The molecule has 1 aromatic carbocycles. The first-order valence-corrected chi connectivity index (χ1v) is 8.95. The van der Waals surface area contributed by atoms with Gasteiger partial charge in [-0.15, -0.1) is 0 Å². The third kappa shape index (κ3) is 3.46. The molecule has 130 valence electrons. The number of H-pyrrole nitrogens is 1. The summed E-state index contributed by atoms with van der Waals surface area (Å²) in [4.78, 5) is 10.5. The highest BCUT2D eigenvalue weighted by atomic mass is 16.3. The summed E-state index contributed by atoms with van der Waals surface area (Å²) in [5.74, 6) is 2.34. The lowest BCUT2D eigenvalue weighted by molar-refractivity contribution is 0.203. The van der Waals surface area contributed by atoms with Crippen LogP contribution in [0.4, 0.5) is 11.6 Å². The largest absolute Gasteiger partial charge is 0.396 e. The number of anilines is 2. The van der Waals surface area contributed by atoms with Crippen LogP contribution in [0.2, 0.25) is 0 Å². The molecule has 1 saturated heterocycles. The van der Waals surface area contributed by atoms with E-state index in [1.54, 1.807) is 0 Å². The molecule has 0 unspecified atom stereocenters. The van der Waals surface area contributed by atoms with Gasteiger partial charge in [0.25, 0.3) is 0 Å². The van der Waals surface area contributed by atoms with Crippen LogP contribution in [0, 0.1) is 5.92 Å². The molecule has 0 aliphatic carbocycles. The molecular weight excluding hydrogens is 312 g/mol. The van der Waals surface area contributed by atoms with Crippen molar-refractivity contribution in [2.75, 3.05) is 29.9 Å². The van der Waals surface area contributed by atoms with Gasteiger partial charge in [-0.3, -0.25) is 0 Å². The van der Waals surface area contributed by atoms with Gasteiger partial charge in [-0.1, -0.05) is 30.3 Å². The van der Waals surface area contributed by atoms with E-state index in [-0.39, 0.29) is 0 Å². The van der Waals surface area contributed by atoms with Crippen LogP contribution in [-0.2, 0) is 6.54 Å². The summed E-state index contributed by atoms with van der Waals surface area (Å²) in [5.41, 5.74) is 2.28. The number of hydrogen-bond acceptors (Lipinski definition) is 4. The minimum atomic E-state index is 0.294. The molecule has 3 N–H and O–H groups in total. The van der Waals surface area contributed by atoms with Gasteiger partial charge in [0.05, 0.1) is 5.52 Å². The van der Waals surface area contributed by atoms with Crippen molar-refractivity contribution in [2.24, 2.45) is 5.92 Å². The van der Waals surface area contributed by atoms with Crippen LogP contribution < -0.4 is 10.2 Å². The number of aliphatic hydroxyl groups is 1. The molecule has 4 rings (SSSR count). The fourth-order valence-corrected chi connectivity index (χ4v) is 3.46. The highest BCUT2D eigenvalue weighted by Crippen LogP contribution is 2.28. The molecule has 1 aliphatic rings. The minimum Gasteiger partial charge on any atom is -0.396 e. The van der Waals surface area contributed by atoms with Gasteiger partial charge >= 0.3 is 0 Å². The number of benzene rings is 1. The Hall–Kier alpha value is -2.53. The summed E-state index contributed by atoms with van der Waals surface area (Å²) in [7, 11) is 0. The van der Waals surface area contributed by atoms with Crippen LogP contribution in [0.25, 0.3) is 10.9 Å². The molecule has 0 atom stereocenters. The highest BCUT2D eigenvalue weighted by molar-refractivity contribution is 5.91. The number of aromatic nitrogens is 2. The molecule has 0 saturated carbocycles. The van der Waals surface area contributed by atoms with Crippen LogP contribution >= 0.6 is 0 Å². The van der Waals surface area contributed by atoms with Crippen molar-refractivity contribution in [3.8, 4) is 0 Å². The zero-order valence-corrected chi connectivity index (χ0v) is 14.3. The summed E-state index contributed by atoms with van der Waals surface area (Å²) in [6.07, 6.45) is 4.01. The smallest absolute Gasteiger partial charge is 0.153 e. The predicted molar refractivity (Wildman–Crippen MR) is 102 cm³/mol. The monoisotopic (exact) mass is 336 g/mol. The second-order valence-electron chi connectivity index (χ2n) is 6.72. The van der Waals surface area contributed by atoms with Crippen LogP contribution in [0.5, 0.6) is 0 Å². The van der Waals surface area contributed by atoms with Gasteiger partial charge in [-0.2, -0.15) is 0 Å². The molecule has 25 heavy (non-hydrogen) atoms. The predicted octanol–water partition coefficient (Wildman–Crippen LogP) is 3.38. The average molecular weight is 336 g/mol. The summed E-state index contributed by atoms with van der Waals surface area (Å²) in [6.45, 7) is 2.94.